The Morgan fingerprint density at radius 2 is 1.83 bits per heavy atom. The van der Waals surface area contributed by atoms with Gasteiger partial charge in [0.25, 0.3) is 5.69 Å². The fourth-order valence-electron chi connectivity index (χ4n) is 1.67. The second-order valence-corrected chi connectivity index (χ2v) is 4.74. The van der Waals surface area contributed by atoms with Crippen LogP contribution in [0.4, 0.5) is 11.4 Å². The Morgan fingerprint density at radius 1 is 1.17 bits per heavy atom. The van der Waals surface area contributed by atoms with Crippen molar-refractivity contribution in [1.82, 2.24) is 0 Å². The number of esters is 1. The topological polar surface area (TPSA) is 114 Å². The van der Waals surface area contributed by atoms with Crippen molar-refractivity contribution >= 4 is 17.3 Å². The van der Waals surface area contributed by atoms with Gasteiger partial charge in [0, 0.05) is 24.4 Å². The second-order valence-electron chi connectivity index (χ2n) is 4.74. The first kappa shape index (κ1) is 18.9. The molecule has 8 heteroatoms. The van der Waals surface area contributed by atoms with Crippen LogP contribution >= 0.6 is 0 Å². The maximum Gasteiger partial charge on any atom is 0.340 e. The molecule has 8 nitrogen and oxygen atoms in total. The van der Waals surface area contributed by atoms with Crippen LogP contribution in [0.2, 0.25) is 0 Å². The van der Waals surface area contributed by atoms with Crippen LogP contribution in [0.15, 0.2) is 18.2 Å². The highest BCUT2D eigenvalue weighted by Crippen LogP contribution is 2.20. The minimum atomic E-state index is -0.714. The number of hydrogen-bond acceptors (Lipinski definition) is 7. The largest absolute Gasteiger partial charge is 0.460 e. The molecule has 1 rings (SSSR count). The van der Waals surface area contributed by atoms with Crippen molar-refractivity contribution in [2.24, 2.45) is 0 Å². The van der Waals surface area contributed by atoms with Crippen molar-refractivity contribution in [3.05, 3.63) is 33.9 Å². The molecular weight excluding hydrogens is 304 g/mol. The minimum Gasteiger partial charge on any atom is -0.460 e. The van der Waals surface area contributed by atoms with Gasteiger partial charge in [0.1, 0.15) is 6.61 Å². The Balaban J connectivity index is 2.26. The number of carbonyl (C=O) groups is 1. The van der Waals surface area contributed by atoms with Crippen molar-refractivity contribution < 1.29 is 23.9 Å². The summed E-state index contributed by atoms with van der Waals surface area (Å²) in [6, 6.07) is 3.63. The van der Waals surface area contributed by atoms with E-state index in [9.17, 15) is 14.9 Å². The van der Waals surface area contributed by atoms with E-state index in [2.05, 4.69) is 6.92 Å². The number of carbonyl (C=O) groups excluding carboxylic acids is 1. The lowest BCUT2D eigenvalue weighted by Crippen LogP contribution is -2.14. The van der Waals surface area contributed by atoms with Gasteiger partial charge in [-0.25, -0.2) is 4.79 Å². The van der Waals surface area contributed by atoms with Crippen molar-refractivity contribution in [1.29, 1.82) is 0 Å². The van der Waals surface area contributed by atoms with Gasteiger partial charge in [0.2, 0.25) is 0 Å². The Bertz CT molecular complexity index is 521. The lowest BCUT2D eigenvalue weighted by atomic mass is 10.1. The number of non-ortho nitro benzene ring substituents is 1. The molecule has 0 aliphatic carbocycles. The van der Waals surface area contributed by atoms with E-state index in [0.717, 1.165) is 18.9 Å². The predicted octanol–water partition coefficient (Wildman–Crippen LogP) is 2.17. The molecule has 1 aromatic carbocycles. The van der Waals surface area contributed by atoms with Gasteiger partial charge in [-0.3, -0.25) is 10.1 Å². The second kappa shape index (κ2) is 10.5. The van der Waals surface area contributed by atoms with E-state index in [4.69, 9.17) is 19.9 Å². The van der Waals surface area contributed by atoms with Crippen LogP contribution in [-0.4, -0.2) is 43.9 Å². The van der Waals surface area contributed by atoms with Crippen molar-refractivity contribution in [2.45, 2.75) is 19.8 Å². The summed E-state index contributed by atoms with van der Waals surface area (Å²) < 4.78 is 15.5. The molecule has 0 aromatic heterocycles. The number of ether oxygens (including phenoxy) is 3. The molecule has 128 valence electrons. The zero-order valence-electron chi connectivity index (χ0n) is 13.2. The highest BCUT2D eigenvalue weighted by Gasteiger charge is 2.16. The molecule has 0 saturated carbocycles. The highest BCUT2D eigenvalue weighted by atomic mass is 16.6. The van der Waals surface area contributed by atoms with E-state index < -0.39 is 10.9 Å². The number of rotatable bonds is 11. The van der Waals surface area contributed by atoms with Gasteiger partial charge in [-0.1, -0.05) is 13.3 Å². The van der Waals surface area contributed by atoms with Crippen LogP contribution in [-0.2, 0) is 14.2 Å². The summed E-state index contributed by atoms with van der Waals surface area (Å²) >= 11 is 0. The molecule has 0 aliphatic heterocycles. The number of hydrogen-bond donors (Lipinski definition) is 1. The van der Waals surface area contributed by atoms with Crippen LogP contribution in [0, 0.1) is 10.1 Å². The first-order valence-corrected chi connectivity index (χ1v) is 7.42. The maximum absolute atomic E-state index is 11.8. The molecule has 0 unspecified atom stereocenters. The summed E-state index contributed by atoms with van der Waals surface area (Å²) in [7, 11) is 0. The normalized spacial score (nSPS) is 10.5. The number of nitro groups is 1. The molecular formula is C15H22N2O6. The third-order valence-electron chi connectivity index (χ3n) is 2.94. The van der Waals surface area contributed by atoms with Crippen LogP contribution in [0.25, 0.3) is 0 Å². The summed E-state index contributed by atoms with van der Waals surface area (Å²) in [5.41, 5.74) is 5.52. The van der Waals surface area contributed by atoms with Gasteiger partial charge >= 0.3 is 5.97 Å². The third kappa shape index (κ3) is 7.07. The first-order chi connectivity index (χ1) is 11.1. The number of unbranched alkanes of at least 4 members (excludes halogenated alkanes) is 1. The number of nitro benzene ring substituents is 1. The standard InChI is InChI=1S/C15H22N2O6/c1-2-3-6-21-7-8-22-9-10-23-15(18)13-11-12(17(19)20)4-5-14(13)16/h4-5,11H,2-3,6-10,16H2,1H3. The van der Waals surface area contributed by atoms with Crippen LogP contribution in [0.3, 0.4) is 0 Å². The van der Waals surface area contributed by atoms with Crippen LogP contribution < -0.4 is 5.73 Å². The lowest BCUT2D eigenvalue weighted by Gasteiger charge is -2.08. The Hall–Kier alpha value is -2.19. The van der Waals surface area contributed by atoms with E-state index in [0.29, 0.717) is 19.8 Å². The number of nitrogens with two attached hydrogens (primary N) is 1. The Labute approximate surface area is 134 Å². The smallest absolute Gasteiger partial charge is 0.340 e. The fourth-order valence-corrected chi connectivity index (χ4v) is 1.67. The average Bonchev–Trinajstić information content (AvgIpc) is 2.53. The Kier molecular flexibility index (Phi) is 8.63. The molecule has 0 heterocycles. The maximum atomic E-state index is 11.8. The fraction of sp³-hybridized carbons (Fsp3) is 0.533. The first-order valence-electron chi connectivity index (χ1n) is 7.42. The van der Waals surface area contributed by atoms with Crippen molar-refractivity contribution in [2.75, 3.05) is 38.8 Å². The zero-order valence-corrected chi connectivity index (χ0v) is 13.2. The summed E-state index contributed by atoms with van der Waals surface area (Å²) in [6.07, 6.45) is 2.10. The van der Waals surface area contributed by atoms with E-state index in [1.165, 1.54) is 12.1 Å². The average molecular weight is 326 g/mol. The van der Waals surface area contributed by atoms with E-state index in [1.54, 1.807) is 0 Å². The van der Waals surface area contributed by atoms with Gasteiger partial charge in [-0.15, -0.1) is 0 Å². The van der Waals surface area contributed by atoms with Crippen LogP contribution in [0.1, 0.15) is 30.1 Å². The molecule has 0 spiro atoms. The molecule has 0 fully saturated rings. The van der Waals surface area contributed by atoms with Gasteiger partial charge in [0.15, 0.2) is 0 Å². The lowest BCUT2D eigenvalue weighted by molar-refractivity contribution is -0.384. The number of nitrogen functional groups attached to an aromatic ring is 1. The molecule has 1 aromatic rings. The third-order valence-corrected chi connectivity index (χ3v) is 2.94. The number of benzene rings is 1. The highest BCUT2D eigenvalue weighted by molar-refractivity contribution is 5.95. The minimum absolute atomic E-state index is 0.0258. The summed E-state index contributed by atoms with van der Waals surface area (Å²) in [4.78, 5) is 21.9. The molecule has 0 radical (unpaired) electrons. The molecule has 0 bridgehead atoms. The van der Waals surface area contributed by atoms with E-state index >= 15 is 0 Å². The van der Waals surface area contributed by atoms with Crippen LogP contribution in [0.5, 0.6) is 0 Å². The number of anilines is 1. The summed E-state index contributed by atoms with van der Waals surface area (Å²) in [6.45, 7) is 3.96. The van der Waals surface area contributed by atoms with Crippen molar-refractivity contribution in [3.8, 4) is 0 Å². The molecule has 0 amide bonds. The van der Waals surface area contributed by atoms with Gasteiger partial charge < -0.3 is 19.9 Å². The van der Waals surface area contributed by atoms with Gasteiger partial charge in [-0.05, 0) is 12.5 Å². The molecule has 0 aliphatic rings. The van der Waals surface area contributed by atoms with E-state index in [1.807, 2.05) is 0 Å². The molecule has 2 N–H and O–H groups in total. The summed E-state index contributed by atoms with van der Waals surface area (Å²) in [5, 5.41) is 10.7. The van der Waals surface area contributed by atoms with Gasteiger partial charge in [0.05, 0.1) is 30.3 Å². The SMILES string of the molecule is CCCCOCCOCCOC(=O)c1cc([N+](=O)[O-])ccc1N. The Morgan fingerprint density at radius 3 is 2.48 bits per heavy atom. The molecule has 0 atom stereocenters. The quantitative estimate of drug-likeness (QED) is 0.218. The summed E-state index contributed by atoms with van der Waals surface area (Å²) in [5.74, 6) is -0.714. The molecule has 23 heavy (non-hydrogen) atoms. The van der Waals surface area contributed by atoms with Crippen molar-refractivity contribution in [3.63, 3.8) is 0 Å². The number of nitrogens with zero attached hydrogens (tertiary/aromatic N) is 1. The van der Waals surface area contributed by atoms with E-state index in [-0.39, 0.29) is 30.2 Å². The predicted molar refractivity (Wildman–Crippen MR) is 84.3 cm³/mol. The molecule has 0 saturated heterocycles. The monoisotopic (exact) mass is 326 g/mol. The van der Waals surface area contributed by atoms with Gasteiger partial charge in [-0.2, -0.15) is 0 Å². The zero-order chi connectivity index (χ0) is 17.1.